The third-order valence-corrected chi connectivity index (χ3v) is 7.03. The molecule has 0 bridgehead atoms. The van der Waals surface area contributed by atoms with Crippen LogP contribution in [0.3, 0.4) is 0 Å². The minimum absolute atomic E-state index is 0.220. The Morgan fingerprint density at radius 2 is 1.83 bits per heavy atom. The highest BCUT2D eigenvalue weighted by atomic mass is 16.5. The summed E-state index contributed by atoms with van der Waals surface area (Å²) in [6.45, 7) is 4.34. The van der Waals surface area contributed by atoms with Gasteiger partial charge in [0.2, 0.25) is 11.8 Å². The van der Waals surface area contributed by atoms with Crippen molar-refractivity contribution >= 4 is 17.7 Å². The first-order valence-electron chi connectivity index (χ1n) is 12.4. The Hall–Kier alpha value is -3.59. The van der Waals surface area contributed by atoms with Crippen LogP contribution in [-0.2, 0) is 22.7 Å². The number of rotatable bonds is 9. The predicted molar refractivity (Wildman–Crippen MR) is 131 cm³/mol. The molecule has 0 spiro atoms. The summed E-state index contributed by atoms with van der Waals surface area (Å²) < 4.78 is 17.6. The molecule has 5 rings (SSSR count). The molecule has 0 aromatic heterocycles. The van der Waals surface area contributed by atoms with Gasteiger partial charge in [-0.2, -0.15) is 0 Å². The second kappa shape index (κ2) is 10.6. The Balaban J connectivity index is 1.23. The molecular formula is C27H31N3O6. The SMILES string of the molecule is COc1cc(COc2cccc3c2CN(C2CCC(=O)NC2=O)C3=O)ccc1OCCN1CCCC1. The van der Waals surface area contributed by atoms with Crippen LogP contribution in [0.25, 0.3) is 0 Å². The van der Waals surface area contributed by atoms with E-state index >= 15 is 0 Å². The van der Waals surface area contributed by atoms with Crippen molar-refractivity contribution in [3.05, 3.63) is 53.1 Å². The van der Waals surface area contributed by atoms with Gasteiger partial charge in [-0.05, 0) is 62.2 Å². The highest BCUT2D eigenvalue weighted by Crippen LogP contribution is 2.34. The van der Waals surface area contributed by atoms with Crippen molar-refractivity contribution in [2.45, 2.75) is 44.9 Å². The van der Waals surface area contributed by atoms with Crippen molar-refractivity contribution in [2.24, 2.45) is 0 Å². The van der Waals surface area contributed by atoms with Crippen LogP contribution < -0.4 is 19.5 Å². The van der Waals surface area contributed by atoms with Gasteiger partial charge >= 0.3 is 0 Å². The zero-order chi connectivity index (χ0) is 25.1. The van der Waals surface area contributed by atoms with Gasteiger partial charge in [-0.3, -0.25) is 24.6 Å². The minimum Gasteiger partial charge on any atom is -0.493 e. The molecule has 1 atom stereocenters. The molecule has 0 saturated carbocycles. The van der Waals surface area contributed by atoms with E-state index in [1.807, 2.05) is 24.3 Å². The maximum absolute atomic E-state index is 13.0. The normalized spacial score (nSPS) is 19.9. The van der Waals surface area contributed by atoms with Gasteiger partial charge in [0.1, 0.15) is 25.0 Å². The van der Waals surface area contributed by atoms with Gasteiger partial charge < -0.3 is 19.1 Å². The maximum atomic E-state index is 13.0. The second-order valence-electron chi connectivity index (χ2n) is 9.35. The fraction of sp³-hybridized carbons (Fsp3) is 0.444. The van der Waals surface area contributed by atoms with Crippen molar-refractivity contribution < 1.29 is 28.6 Å². The van der Waals surface area contributed by atoms with E-state index in [0.717, 1.165) is 30.8 Å². The van der Waals surface area contributed by atoms with E-state index in [1.54, 1.807) is 19.2 Å². The Kier molecular flexibility index (Phi) is 7.09. The molecule has 9 heteroatoms. The number of hydrogen-bond acceptors (Lipinski definition) is 7. The molecule has 1 unspecified atom stereocenters. The summed E-state index contributed by atoms with van der Waals surface area (Å²) >= 11 is 0. The van der Waals surface area contributed by atoms with E-state index in [0.29, 0.717) is 35.8 Å². The number of imide groups is 1. The van der Waals surface area contributed by atoms with Crippen LogP contribution in [0, 0.1) is 0 Å². The number of nitrogens with one attached hydrogen (secondary N) is 1. The number of piperidine rings is 1. The van der Waals surface area contributed by atoms with Crippen molar-refractivity contribution in [1.29, 1.82) is 0 Å². The molecule has 9 nitrogen and oxygen atoms in total. The van der Waals surface area contributed by atoms with E-state index in [2.05, 4.69) is 10.2 Å². The summed E-state index contributed by atoms with van der Waals surface area (Å²) in [5, 5.41) is 2.33. The van der Waals surface area contributed by atoms with Crippen LogP contribution in [-0.4, -0.2) is 66.9 Å². The van der Waals surface area contributed by atoms with Crippen LogP contribution >= 0.6 is 0 Å². The van der Waals surface area contributed by atoms with Crippen LogP contribution in [0.15, 0.2) is 36.4 Å². The number of hydrogen-bond donors (Lipinski definition) is 1. The molecule has 36 heavy (non-hydrogen) atoms. The van der Waals surface area contributed by atoms with E-state index < -0.39 is 11.9 Å². The lowest BCUT2D eigenvalue weighted by Gasteiger charge is -2.29. The number of nitrogens with zero attached hydrogens (tertiary/aromatic N) is 2. The van der Waals surface area contributed by atoms with E-state index in [9.17, 15) is 14.4 Å². The smallest absolute Gasteiger partial charge is 0.255 e. The summed E-state index contributed by atoms with van der Waals surface area (Å²) in [5.41, 5.74) is 2.18. The van der Waals surface area contributed by atoms with E-state index in [1.165, 1.54) is 17.7 Å². The molecule has 2 saturated heterocycles. The maximum Gasteiger partial charge on any atom is 0.255 e. The third kappa shape index (κ3) is 5.02. The fourth-order valence-corrected chi connectivity index (χ4v) is 5.07. The molecule has 2 aromatic carbocycles. The lowest BCUT2D eigenvalue weighted by atomic mass is 10.0. The molecule has 0 radical (unpaired) electrons. The van der Waals surface area contributed by atoms with Crippen molar-refractivity contribution in [1.82, 2.24) is 15.1 Å². The Labute approximate surface area is 210 Å². The zero-order valence-corrected chi connectivity index (χ0v) is 20.5. The monoisotopic (exact) mass is 493 g/mol. The number of methoxy groups -OCH3 is 1. The molecule has 3 aliphatic rings. The summed E-state index contributed by atoms with van der Waals surface area (Å²) in [7, 11) is 1.62. The first-order chi connectivity index (χ1) is 17.5. The number of benzene rings is 2. The van der Waals surface area contributed by atoms with Crippen LogP contribution in [0.1, 0.15) is 47.2 Å². The summed E-state index contributed by atoms with van der Waals surface area (Å²) in [5.74, 6) is 0.997. The average molecular weight is 494 g/mol. The van der Waals surface area contributed by atoms with Crippen molar-refractivity contribution in [2.75, 3.05) is 33.4 Å². The van der Waals surface area contributed by atoms with Gasteiger partial charge in [0, 0.05) is 24.1 Å². The zero-order valence-electron chi connectivity index (χ0n) is 20.5. The number of carbonyl (C=O) groups is 3. The molecule has 2 fully saturated rings. The number of ether oxygens (including phenoxy) is 3. The Morgan fingerprint density at radius 3 is 2.61 bits per heavy atom. The first kappa shape index (κ1) is 24.1. The predicted octanol–water partition coefficient (Wildman–Crippen LogP) is 2.51. The Bertz CT molecular complexity index is 1160. The molecular weight excluding hydrogens is 462 g/mol. The van der Waals surface area contributed by atoms with E-state index in [4.69, 9.17) is 14.2 Å². The highest BCUT2D eigenvalue weighted by Gasteiger charge is 2.40. The van der Waals surface area contributed by atoms with Gasteiger partial charge in [-0.25, -0.2) is 0 Å². The van der Waals surface area contributed by atoms with Crippen molar-refractivity contribution in [3.63, 3.8) is 0 Å². The quantitative estimate of drug-likeness (QED) is 0.536. The lowest BCUT2D eigenvalue weighted by molar-refractivity contribution is -0.136. The fourth-order valence-electron chi connectivity index (χ4n) is 5.07. The van der Waals surface area contributed by atoms with Gasteiger partial charge in [-0.1, -0.05) is 12.1 Å². The largest absolute Gasteiger partial charge is 0.493 e. The number of carbonyl (C=O) groups excluding carboxylic acids is 3. The Morgan fingerprint density at radius 1 is 1.00 bits per heavy atom. The van der Waals surface area contributed by atoms with Crippen molar-refractivity contribution in [3.8, 4) is 17.2 Å². The summed E-state index contributed by atoms with van der Waals surface area (Å²) in [4.78, 5) is 40.8. The van der Waals surface area contributed by atoms with E-state index in [-0.39, 0.29) is 31.4 Å². The molecule has 0 aliphatic carbocycles. The average Bonchev–Trinajstić information content (AvgIpc) is 3.52. The lowest BCUT2D eigenvalue weighted by Crippen LogP contribution is -2.52. The number of amides is 3. The molecule has 3 amide bonds. The molecule has 3 aliphatic heterocycles. The third-order valence-electron chi connectivity index (χ3n) is 7.03. The van der Waals surface area contributed by atoms with Crippen LogP contribution in [0.2, 0.25) is 0 Å². The van der Waals surface area contributed by atoms with Crippen LogP contribution in [0.4, 0.5) is 0 Å². The van der Waals surface area contributed by atoms with Crippen LogP contribution in [0.5, 0.6) is 17.2 Å². The second-order valence-corrected chi connectivity index (χ2v) is 9.35. The number of likely N-dealkylation sites (tertiary alicyclic amines) is 1. The molecule has 1 N–H and O–H groups in total. The molecule has 3 heterocycles. The standard InChI is InChI=1S/C27H31N3O6/c1-34-24-15-18(7-9-23(24)35-14-13-29-11-2-3-12-29)17-36-22-6-4-5-19-20(22)16-30(27(19)33)21-8-10-25(31)28-26(21)32/h4-7,9,15,21H,2-3,8,10-14,16-17H2,1H3,(H,28,31,32). The van der Waals surface area contributed by atoms with Gasteiger partial charge in [-0.15, -0.1) is 0 Å². The first-order valence-corrected chi connectivity index (χ1v) is 12.4. The minimum atomic E-state index is -0.655. The van der Waals surface area contributed by atoms with Gasteiger partial charge in [0.05, 0.1) is 13.7 Å². The van der Waals surface area contributed by atoms with Gasteiger partial charge in [0.25, 0.3) is 5.91 Å². The van der Waals surface area contributed by atoms with Gasteiger partial charge in [0.15, 0.2) is 11.5 Å². The number of fused-ring (bicyclic) bond motifs is 1. The molecule has 2 aromatic rings. The summed E-state index contributed by atoms with van der Waals surface area (Å²) in [6, 6.07) is 10.4. The highest BCUT2D eigenvalue weighted by molar-refractivity contribution is 6.05. The summed E-state index contributed by atoms with van der Waals surface area (Å²) in [6.07, 6.45) is 3.06. The molecule has 190 valence electrons. The topological polar surface area (TPSA) is 97.4 Å².